The third-order valence-corrected chi connectivity index (χ3v) is 2.96. The molecule has 2 aromatic carbocycles. The summed E-state index contributed by atoms with van der Waals surface area (Å²) in [5, 5.41) is 0. The molecule has 1 unspecified atom stereocenters. The molecule has 1 atom stereocenters. The average molecular weight is 311 g/mol. The van der Waals surface area contributed by atoms with E-state index in [9.17, 15) is 0 Å². The molecule has 0 radical (unpaired) electrons. The zero-order chi connectivity index (χ0) is 12.8. The standard InChI is InChI=1S/C15H12.2ClH.Ti/c1-2-6-12(7-3-1)15-11-10-13-8-4-5-9-14(13)15;;;/h1-11,15H;2*1H;/q;;;+2/p-2. The van der Waals surface area contributed by atoms with E-state index in [4.69, 9.17) is 18.6 Å². The maximum atomic E-state index is 4.89. The van der Waals surface area contributed by atoms with Gasteiger partial charge in [0.1, 0.15) is 0 Å². The first-order valence-corrected chi connectivity index (χ1v) is 9.95. The fourth-order valence-corrected chi connectivity index (χ4v) is 2.20. The molecule has 90 valence electrons. The molecule has 0 saturated heterocycles. The SMILES string of the molecule is C1=CC(c2ccccc2)c2ccccc21.[Cl][Ti][Cl]. The summed E-state index contributed by atoms with van der Waals surface area (Å²) in [6.45, 7) is 0. The molecule has 0 aliphatic heterocycles. The van der Waals surface area contributed by atoms with Crippen molar-refractivity contribution in [1.29, 1.82) is 0 Å². The van der Waals surface area contributed by atoms with E-state index in [1.54, 1.807) is 0 Å². The van der Waals surface area contributed by atoms with Gasteiger partial charge in [-0.3, -0.25) is 0 Å². The van der Waals surface area contributed by atoms with Crippen molar-refractivity contribution in [1.82, 2.24) is 0 Å². The van der Waals surface area contributed by atoms with Gasteiger partial charge in [0.2, 0.25) is 0 Å². The Bertz CT molecular complexity index is 523. The second-order valence-corrected chi connectivity index (χ2v) is 6.53. The van der Waals surface area contributed by atoms with Crippen LogP contribution in [-0.4, -0.2) is 0 Å². The molecule has 3 rings (SSSR count). The van der Waals surface area contributed by atoms with Crippen molar-refractivity contribution in [2.24, 2.45) is 0 Å². The summed E-state index contributed by atoms with van der Waals surface area (Å²) in [5.41, 5.74) is 4.15. The second kappa shape index (κ2) is 7.16. The summed E-state index contributed by atoms with van der Waals surface area (Å²) in [6, 6.07) is 19.2. The molecule has 3 heteroatoms. The summed E-state index contributed by atoms with van der Waals surface area (Å²) in [7, 11) is 9.78. The number of hydrogen-bond acceptors (Lipinski definition) is 0. The van der Waals surface area contributed by atoms with Crippen LogP contribution in [0.1, 0.15) is 22.6 Å². The molecule has 1 aliphatic rings. The van der Waals surface area contributed by atoms with E-state index in [0.29, 0.717) is 5.92 Å². The number of rotatable bonds is 1. The molecular weight excluding hydrogens is 299 g/mol. The van der Waals surface area contributed by atoms with Crippen LogP contribution >= 0.6 is 18.6 Å². The number of fused-ring (bicyclic) bond motifs is 1. The van der Waals surface area contributed by atoms with Crippen LogP contribution in [-0.2, 0) is 17.0 Å². The molecule has 0 heterocycles. The fourth-order valence-electron chi connectivity index (χ4n) is 2.20. The van der Waals surface area contributed by atoms with Crippen LogP contribution in [0, 0.1) is 0 Å². The quantitative estimate of drug-likeness (QED) is 0.633. The molecule has 2 aromatic rings. The van der Waals surface area contributed by atoms with Gasteiger partial charge in [0.25, 0.3) is 0 Å². The van der Waals surface area contributed by atoms with Crippen molar-refractivity contribution in [2.75, 3.05) is 0 Å². The first-order valence-electron chi connectivity index (χ1n) is 5.65. The summed E-state index contributed by atoms with van der Waals surface area (Å²) in [5.74, 6) is 0.447. The van der Waals surface area contributed by atoms with Crippen LogP contribution in [0.2, 0.25) is 0 Å². The van der Waals surface area contributed by atoms with E-state index in [2.05, 4.69) is 66.7 Å². The van der Waals surface area contributed by atoms with Crippen molar-refractivity contribution < 1.29 is 17.0 Å². The summed E-state index contributed by atoms with van der Waals surface area (Å²) in [6.07, 6.45) is 4.49. The second-order valence-electron chi connectivity index (χ2n) is 3.95. The van der Waals surface area contributed by atoms with Gasteiger partial charge in [-0.2, -0.15) is 0 Å². The van der Waals surface area contributed by atoms with Crippen LogP contribution in [0.25, 0.3) is 6.08 Å². The Morgan fingerprint density at radius 3 is 2.17 bits per heavy atom. The van der Waals surface area contributed by atoms with Gasteiger partial charge in [-0.05, 0) is 16.7 Å². The predicted octanol–water partition coefficient (Wildman–Crippen LogP) is 5.22. The van der Waals surface area contributed by atoms with Crippen molar-refractivity contribution in [3.8, 4) is 0 Å². The number of halogens is 2. The van der Waals surface area contributed by atoms with E-state index < -0.39 is 17.0 Å². The molecular formula is C15H12Cl2Ti. The minimum absolute atomic E-state index is 0.447. The molecule has 0 nitrogen and oxygen atoms in total. The number of allylic oxidation sites excluding steroid dienone is 1. The molecule has 0 amide bonds. The van der Waals surface area contributed by atoms with Gasteiger partial charge >= 0.3 is 35.6 Å². The van der Waals surface area contributed by atoms with Crippen molar-refractivity contribution in [3.05, 3.63) is 77.4 Å². The van der Waals surface area contributed by atoms with Crippen LogP contribution in [0.4, 0.5) is 0 Å². The first kappa shape index (κ1) is 13.9. The van der Waals surface area contributed by atoms with E-state index in [1.165, 1.54) is 16.7 Å². The third kappa shape index (κ3) is 3.27. The monoisotopic (exact) mass is 310 g/mol. The molecule has 0 bridgehead atoms. The predicted molar refractivity (Wildman–Crippen MR) is 75.5 cm³/mol. The van der Waals surface area contributed by atoms with Crippen molar-refractivity contribution in [2.45, 2.75) is 5.92 Å². The van der Waals surface area contributed by atoms with Gasteiger partial charge in [-0.25, -0.2) is 0 Å². The third-order valence-electron chi connectivity index (χ3n) is 2.96. The van der Waals surface area contributed by atoms with Gasteiger partial charge < -0.3 is 0 Å². The van der Waals surface area contributed by atoms with Crippen LogP contribution in [0.3, 0.4) is 0 Å². The average Bonchev–Trinajstić information content (AvgIpc) is 2.84. The summed E-state index contributed by atoms with van der Waals surface area (Å²) >= 11 is -0.556. The topological polar surface area (TPSA) is 0 Å². The molecule has 0 spiro atoms. The van der Waals surface area contributed by atoms with E-state index in [-0.39, 0.29) is 0 Å². The van der Waals surface area contributed by atoms with Gasteiger partial charge in [-0.1, -0.05) is 66.7 Å². The van der Waals surface area contributed by atoms with Crippen LogP contribution in [0.15, 0.2) is 60.7 Å². The molecule has 0 N–H and O–H groups in total. The molecule has 18 heavy (non-hydrogen) atoms. The Balaban J connectivity index is 0.000000367. The normalized spacial score (nSPS) is 15.6. The van der Waals surface area contributed by atoms with E-state index in [0.717, 1.165) is 0 Å². The molecule has 0 saturated carbocycles. The molecule has 0 fully saturated rings. The minimum atomic E-state index is -0.556. The van der Waals surface area contributed by atoms with Gasteiger partial charge in [0, 0.05) is 5.92 Å². The van der Waals surface area contributed by atoms with Crippen molar-refractivity contribution in [3.63, 3.8) is 0 Å². The Morgan fingerprint density at radius 2 is 1.44 bits per heavy atom. The van der Waals surface area contributed by atoms with Gasteiger partial charge in [-0.15, -0.1) is 0 Å². The zero-order valence-corrected chi connectivity index (χ0v) is 12.8. The van der Waals surface area contributed by atoms with Gasteiger partial charge in [0.05, 0.1) is 0 Å². The Labute approximate surface area is 124 Å². The van der Waals surface area contributed by atoms with Crippen molar-refractivity contribution >= 4 is 24.7 Å². The van der Waals surface area contributed by atoms with Crippen LogP contribution in [0.5, 0.6) is 0 Å². The molecule has 0 aromatic heterocycles. The summed E-state index contributed by atoms with van der Waals surface area (Å²) < 4.78 is 0. The van der Waals surface area contributed by atoms with E-state index in [1.807, 2.05) is 0 Å². The number of benzene rings is 2. The maximum absolute atomic E-state index is 4.89. The Morgan fingerprint density at radius 1 is 0.833 bits per heavy atom. The molecule has 1 aliphatic carbocycles. The summed E-state index contributed by atoms with van der Waals surface area (Å²) in [4.78, 5) is 0. The zero-order valence-electron chi connectivity index (χ0n) is 9.68. The van der Waals surface area contributed by atoms with Gasteiger partial charge in [0.15, 0.2) is 0 Å². The van der Waals surface area contributed by atoms with Crippen LogP contribution < -0.4 is 0 Å². The fraction of sp³-hybridized carbons (Fsp3) is 0.0667. The Kier molecular flexibility index (Phi) is 5.53. The number of hydrogen-bond donors (Lipinski definition) is 0. The Hall–Kier alpha value is -0.526. The van der Waals surface area contributed by atoms with E-state index >= 15 is 0 Å². The first-order chi connectivity index (χ1) is 8.86.